The summed E-state index contributed by atoms with van der Waals surface area (Å²) < 4.78 is 1.02. The Bertz CT molecular complexity index is 287. The molecule has 70 valence electrons. The molecule has 0 spiro atoms. The van der Waals surface area contributed by atoms with Gasteiger partial charge in [-0.2, -0.15) is 0 Å². The monoisotopic (exact) mass is 307 g/mol. The summed E-state index contributed by atoms with van der Waals surface area (Å²) in [6, 6.07) is 0. The molecule has 2 nitrogen and oxygen atoms in total. The van der Waals surface area contributed by atoms with Gasteiger partial charge in [-0.25, -0.2) is 0 Å². The van der Waals surface area contributed by atoms with Crippen molar-refractivity contribution in [1.82, 2.24) is 4.90 Å². The zero-order chi connectivity index (χ0) is 9.26. The van der Waals surface area contributed by atoms with Crippen molar-refractivity contribution in [1.29, 1.82) is 0 Å². The van der Waals surface area contributed by atoms with Crippen LogP contribution in [0.3, 0.4) is 0 Å². The first-order valence-electron chi connectivity index (χ1n) is 4.17. The number of carbonyl (C=O) groups is 1. The smallest absolute Gasteiger partial charge is 0.230 e. The van der Waals surface area contributed by atoms with Gasteiger partial charge in [0, 0.05) is 16.4 Å². The number of carbonyl (C=O) groups excluding carboxylic acids is 1. The minimum Gasteiger partial charge on any atom is -0.306 e. The van der Waals surface area contributed by atoms with Crippen molar-refractivity contribution in [2.75, 3.05) is 10.2 Å². The van der Waals surface area contributed by atoms with E-state index in [1.807, 2.05) is 22.9 Å². The number of allylic oxidation sites excluding steroid dienone is 2. The van der Waals surface area contributed by atoms with Gasteiger partial charge in [0.05, 0.1) is 11.8 Å². The molecule has 0 aromatic heterocycles. The maximum absolute atomic E-state index is 11.1. The number of hydrogen-bond donors (Lipinski definition) is 0. The van der Waals surface area contributed by atoms with E-state index in [1.54, 1.807) is 0 Å². The summed E-state index contributed by atoms with van der Waals surface area (Å²) in [4.78, 5) is 13.0. The molecule has 0 aromatic carbocycles. The second-order valence-electron chi connectivity index (χ2n) is 3.03. The van der Waals surface area contributed by atoms with Crippen LogP contribution in [0.25, 0.3) is 0 Å². The molecule has 2 aliphatic heterocycles. The molecule has 2 heterocycles. The Hall–Kier alpha value is 0.0300. The van der Waals surface area contributed by atoms with Gasteiger partial charge >= 0.3 is 0 Å². The molecule has 4 heteroatoms. The molecule has 1 amide bonds. The first-order chi connectivity index (χ1) is 6.31. The fourth-order valence-corrected chi connectivity index (χ4v) is 2.80. The van der Waals surface area contributed by atoms with Crippen LogP contribution in [0.1, 0.15) is 6.42 Å². The second-order valence-corrected chi connectivity index (χ2v) is 5.08. The lowest BCUT2D eigenvalue weighted by Crippen LogP contribution is -2.48. The first-order valence-corrected chi connectivity index (χ1v) is 6.74. The Balaban J connectivity index is 2.05. The normalized spacial score (nSPS) is 27.2. The first kappa shape index (κ1) is 9.58. The Labute approximate surface area is 95.6 Å². The molecule has 1 saturated heterocycles. The van der Waals surface area contributed by atoms with Crippen LogP contribution in [0, 0.1) is 0 Å². The van der Waals surface area contributed by atoms with Gasteiger partial charge in [0.25, 0.3) is 0 Å². The number of halogens is 1. The second kappa shape index (κ2) is 4.04. The Morgan fingerprint density at radius 1 is 1.77 bits per heavy atom. The molecule has 2 aliphatic rings. The van der Waals surface area contributed by atoms with Crippen molar-refractivity contribution < 1.29 is 4.79 Å². The topological polar surface area (TPSA) is 20.3 Å². The van der Waals surface area contributed by atoms with Crippen molar-refractivity contribution in [2.24, 2.45) is 0 Å². The van der Waals surface area contributed by atoms with Crippen molar-refractivity contribution >= 4 is 40.3 Å². The molecule has 0 aromatic rings. The van der Waals surface area contributed by atoms with Crippen molar-refractivity contribution in [3.05, 3.63) is 23.9 Å². The van der Waals surface area contributed by atoms with Crippen LogP contribution in [0.2, 0.25) is 0 Å². The van der Waals surface area contributed by atoms with Gasteiger partial charge < -0.3 is 4.90 Å². The molecule has 0 bridgehead atoms. The molecule has 0 aliphatic carbocycles. The average molecular weight is 307 g/mol. The zero-order valence-corrected chi connectivity index (χ0v) is 10.0. The van der Waals surface area contributed by atoms with Crippen LogP contribution >= 0.6 is 34.4 Å². The number of fused-ring (bicyclic) bond motifs is 1. The number of nitrogens with zero attached hydrogens (tertiary/aromatic N) is 1. The fourth-order valence-electron chi connectivity index (χ4n) is 1.39. The van der Waals surface area contributed by atoms with E-state index < -0.39 is 0 Å². The highest BCUT2D eigenvalue weighted by molar-refractivity contribution is 14.1. The van der Waals surface area contributed by atoms with Gasteiger partial charge in [-0.05, 0) is 5.57 Å². The van der Waals surface area contributed by atoms with Gasteiger partial charge in [0.2, 0.25) is 5.91 Å². The van der Waals surface area contributed by atoms with Crippen LogP contribution in [-0.2, 0) is 4.79 Å². The number of alkyl halides is 1. The van der Waals surface area contributed by atoms with Crippen molar-refractivity contribution in [2.45, 2.75) is 11.8 Å². The van der Waals surface area contributed by atoms with Gasteiger partial charge in [0.15, 0.2) is 0 Å². The molecular weight excluding hydrogens is 297 g/mol. The summed E-state index contributed by atoms with van der Waals surface area (Å²) in [5.41, 5.74) is 1.26. The lowest BCUT2D eigenvalue weighted by molar-refractivity contribution is -0.137. The van der Waals surface area contributed by atoms with Crippen LogP contribution in [0.4, 0.5) is 0 Å². The highest BCUT2D eigenvalue weighted by Crippen LogP contribution is 2.35. The highest BCUT2D eigenvalue weighted by atomic mass is 127. The quantitative estimate of drug-likeness (QED) is 0.443. The summed E-state index contributed by atoms with van der Waals surface area (Å²) in [5, 5.41) is 0.434. The van der Waals surface area contributed by atoms with Gasteiger partial charge in [-0.15, -0.1) is 11.8 Å². The molecule has 0 radical (unpaired) electrons. The van der Waals surface area contributed by atoms with E-state index >= 15 is 0 Å². The van der Waals surface area contributed by atoms with Crippen molar-refractivity contribution in [3.8, 4) is 0 Å². The maximum Gasteiger partial charge on any atom is 0.230 e. The van der Waals surface area contributed by atoms with Crippen LogP contribution in [-0.4, -0.2) is 26.4 Å². The molecule has 13 heavy (non-hydrogen) atoms. The Kier molecular flexibility index (Phi) is 2.98. The van der Waals surface area contributed by atoms with Crippen LogP contribution in [0.15, 0.2) is 23.9 Å². The summed E-state index contributed by atoms with van der Waals surface area (Å²) >= 11 is 4.17. The third-order valence-corrected chi connectivity index (χ3v) is 3.90. The van der Waals surface area contributed by atoms with Gasteiger partial charge in [0.1, 0.15) is 0 Å². The number of rotatable bonds is 2. The van der Waals surface area contributed by atoms with Gasteiger partial charge in [-0.3, -0.25) is 4.79 Å². The zero-order valence-electron chi connectivity index (χ0n) is 7.07. The minimum atomic E-state index is 0.262. The Morgan fingerprint density at radius 3 is 3.31 bits per heavy atom. The molecule has 0 N–H and O–H groups in total. The highest BCUT2D eigenvalue weighted by Gasteiger charge is 2.37. The molecule has 1 unspecified atom stereocenters. The van der Waals surface area contributed by atoms with Crippen molar-refractivity contribution in [3.63, 3.8) is 0 Å². The number of thioether (sulfide) groups is 1. The minimum absolute atomic E-state index is 0.262. The summed E-state index contributed by atoms with van der Waals surface area (Å²) in [5.74, 6) is 1.30. The SMILES string of the molecule is O=C1CC2SCC(/C=C\CI)=CN12. The number of amides is 1. The fraction of sp³-hybridized carbons (Fsp3) is 0.444. The van der Waals surface area contributed by atoms with E-state index in [1.165, 1.54) is 5.57 Å². The standard InChI is InChI=1S/C9H10INOS/c10-3-1-2-7-5-11-8(12)4-9(11)13-6-7/h1-2,5,9H,3-4,6H2/b2-1-. The molecule has 1 fully saturated rings. The summed E-state index contributed by atoms with van der Waals surface area (Å²) in [6.07, 6.45) is 6.96. The van der Waals surface area contributed by atoms with E-state index in [9.17, 15) is 4.79 Å². The third kappa shape index (κ3) is 1.93. The number of β-lactam (4-membered cyclic amide) rings is 1. The predicted molar refractivity (Wildman–Crippen MR) is 63.8 cm³/mol. The largest absolute Gasteiger partial charge is 0.306 e. The van der Waals surface area contributed by atoms with E-state index in [4.69, 9.17) is 0 Å². The number of hydrogen-bond acceptors (Lipinski definition) is 2. The van der Waals surface area contributed by atoms with E-state index in [0.717, 1.165) is 16.6 Å². The van der Waals surface area contributed by atoms with E-state index in [2.05, 4.69) is 34.7 Å². The molecular formula is C9H10INOS. The third-order valence-electron chi connectivity index (χ3n) is 2.12. The van der Waals surface area contributed by atoms with Crippen LogP contribution < -0.4 is 0 Å². The molecule has 1 atom stereocenters. The maximum atomic E-state index is 11.1. The van der Waals surface area contributed by atoms with Gasteiger partial charge in [-0.1, -0.05) is 34.7 Å². The molecule has 0 saturated carbocycles. The Morgan fingerprint density at radius 2 is 2.62 bits per heavy atom. The van der Waals surface area contributed by atoms with Crippen LogP contribution in [0.5, 0.6) is 0 Å². The van der Waals surface area contributed by atoms with E-state index in [-0.39, 0.29) is 5.91 Å². The summed E-state index contributed by atoms with van der Waals surface area (Å²) in [7, 11) is 0. The average Bonchev–Trinajstić information content (AvgIpc) is 2.14. The summed E-state index contributed by atoms with van der Waals surface area (Å²) in [6.45, 7) is 0. The lowest BCUT2D eigenvalue weighted by Gasteiger charge is -2.40. The molecule has 2 rings (SSSR count). The lowest BCUT2D eigenvalue weighted by atomic mass is 10.2. The predicted octanol–water partition coefficient (Wildman–Crippen LogP) is 2.17. The van der Waals surface area contributed by atoms with E-state index in [0.29, 0.717) is 5.37 Å².